The molecule has 0 spiro atoms. The number of aromatic nitrogens is 1. The van der Waals surface area contributed by atoms with Crippen LogP contribution >= 0.6 is 0 Å². The number of nitrogens with zero attached hydrogens (tertiary/aromatic N) is 3. The standard InChI is InChI=1S/C28H27N3O4/c1-34-28(33)26-13-12-21(35-26)19-30-14-7-15-31(17-16-30)27(32)23-18-25(20-8-3-2-4-9-20)29-24-11-6-5-10-22(23)24/h2-6,8-13,18H,7,14-17,19H2,1H3. The van der Waals surface area contributed by atoms with Crippen molar-refractivity contribution in [3.63, 3.8) is 0 Å². The molecule has 5 rings (SSSR count). The Hall–Kier alpha value is -3.97. The summed E-state index contributed by atoms with van der Waals surface area (Å²) in [6, 6.07) is 23.1. The van der Waals surface area contributed by atoms with Crippen molar-refractivity contribution in [2.75, 3.05) is 33.3 Å². The van der Waals surface area contributed by atoms with E-state index in [0.717, 1.165) is 35.1 Å². The van der Waals surface area contributed by atoms with Crippen molar-refractivity contribution in [3.8, 4) is 11.3 Å². The number of para-hydroxylation sites is 1. The minimum Gasteiger partial charge on any atom is -0.463 e. The Bertz CT molecular complexity index is 1350. The van der Waals surface area contributed by atoms with Gasteiger partial charge in [0, 0.05) is 37.1 Å². The van der Waals surface area contributed by atoms with Crippen molar-refractivity contribution in [1.29, 1.82) is 0 Å². The van der Waals surface area contributed by atoms with Gasteiger partial charge in [-0.3, -0.25) is 9.69 Å². The summed E-state index contributed by atoms with van der Waals surface area (Å²) in [6.45, 7) is 3.42. The molecule has 7 heteroatoms. The highest BCUT2D eigenvalue weighted by Gasteiger charge is 2.24. The summed E-state index contributed by atoms with van der Waals surface area (Å²) in [6.07, 6.45) is 0.852. The third-order valence-electron chi connectivity index (χ3n) is 6.32. The summed E-state index contributed by atoms with van der Waals surface area (Å²) in [5, 5.41) is 0.865. The Labute approximate surface area is 203 Å². The molecule has 178 valence electrons. The van der Waals surface area contributed by atoms with Crippen LogP contribution in [0.25, 0.3) is 22.2 Å². The van der Waals surface area contributed by atoms with Gasteiger partial charge in [-0.2, -0.15) is 0 Å². The van der Waals surface area contributed by atoms with Crippen LogP contribution in [0.4, 0.5) is 0 Å². The first-order valence-electron chi connectivity index (χ1n) is 11.8. The Morgan fingerprint density at radius 2 is 1.74 bits per heavy atom. The molecule has 1 amide bonds. The van der Waals surface area contributed by atoms with Crippen molar-refractivity contribution in [2.24, 2.45) is 0 Å². The maximum absolute atomic E-state index is 13.7. The minimum atomic E-state index is -0.483. The number of furan rings is 1. The molecular weight excluding hydrogens is 442 g/mol. The van der Waals surface area contributed by atoms with Gasteiger partial charge in [-0.15, -0.1) is 0 Å². The number of carbonyl (C=O) groups is 2. The van der Waals surface area contributed by atoms with Crippen LogP contribution < -0.4 is 0 Å². The van der Waals surface area contributed by atoms with Gasteiger partial charge in [-0.05, 0) is 30.7 Å². The van der Waals surface area contributed by atoms with Crippen LogP contribution in [0.5, 0.6) is 0 Å². The summed E-state index contributed by atoms with van der Waals surface area (Å²) in [5.41, 5.74) is 3.27. The molecule has 0 unspecified atom stereocenters. The lowest BCUT2D eigenvalue weighted by molar-refractivity contribution is 0.0560. The van der Waals surface area contributed by atoms with E-state index in [1.807, 2.05) is 65.6 Å². The molecule has 1 aliphatic rings. The number of hydrogen-bond acceptors (Lipinski definition) is 6. The number of methoxy groups -OCH3 is 1. The molecule has 1 saturated heterocycles. The molecule has 0 aliphatic carbocycles. The number of ether oxygens (including phenoxy) is 1. The van der Waals surface area contributed by atoms with Crippen molar-refractivity contribution < 1.29 is 18.7 Å². The van der Waals surface area contributed by atoms with Crippen molar-refractivity contribution >= 4 is 22.8 Å². The summed E-state index contributed by atoms with van der Waals surface area (Å²) >= 11 is 0. The molecule has 1 fully saturated rings. The van der Waals surface area contributed by atoms with E-state index in [0.29, 0.717) is 37.5 Å². The van der Waals surface area contributed by atoms with Crippen molar-refractivity contribution in [3.05, 3.63) is 89.9 Å². The maximum atomic E-state index is 13.7. The summed E-state index contributed by atoms with van der Waals surface area (Å²) in [5.74, 6) is 0.447. The lowest BCUT2D eigenvalue weighted by Gasteiger charge is -2.22. The summed E-state index contributed by atoms with van der Waals surface area (Å²) < 4.78 is 10.3. The lowest BCUT2D eigenvalue weighted by Crippen LogP contribution is -2.35. The molecule has 7 nitrogen and oxygen atoms in total. The second kappa shape index (κ2) is 10.1. The number of rotatable bonds is 5. The van der Waals surface area contributed by atoms with Crippen molar-refractivity contribution in [2.45, 2.75) is 13.0 Å². The van der Waals surface area contributed by atoms with E-state index in [1.54, 1.807) is 12.1 Å². The van der Waals surface area contributed by atoms with Gasteiger partial charge in [0.15, 0.2) is 0 Å². The fourth-order valence-corrected chi connectivity index (χ4v) is 4.51. The van der Waals surface area contributed by atoms with Gasteiger partial charge in [0.2, 0.25) is 5.76 Å². The number of esters is 1. The van der Waals surface area contributed by atoms with Gasteiger partial charge in [-0.25, -0.2) is 9.78 Å². The Balaban J connectivity index is 1.35. The Kier molecular flexibility index (Phi) is 6.59. The van der Waals surface area contributed by atoms with E-state index in [-0.39, 0.29) is 11.7 Å². The molecule has 0 atom stereocenters. The van der Waals surface area contributed by atoms with Gasteiger partial charge in [0.1, 0.15) is 5.76 Å². The number of amides is 1. The van der Waals surface area contributed by atoms with Crippen molar-refractivity contribution in [1.82, 2.24) is 14.8 Å². The minimum absolute atomic E-state index is 0.0219. The Morgan fingerprint density at radius 1 is 0.943 bits per heavy atom. The number of fused-ring (bicyclic) bond motifs is 1. The highest BCUT2D eigenvalue weighted by Crippen LogP contribution is 2.26. The Morgan fingerprint density at radius 3 is 2.57 bits per heavy atom. The molecule has 1 aliphatic heterocycles. The SMILES string of the molecule is COC(=O)c1ccc(CN2CCCN(C(=O)c3cc(-c4ccccc4)nc4ccccc34)CC2)o1. The lowest BCUT2D eigenvalue weighted by atomic mass is 10.0. The van der Waals surface area contributed by atoms with E-state index >= 15 is 0 Å². The molecule has 3 heterocycles. The van der Waals surface area contributed by atoms with E-state index in [9.17, 15) is 9.59 Å². The number of carbonyl (C=O) groups excluding carboxylic acids is 2. The monoisotopic (exact) mass is 469 g/mol. The molecule has 2 aromatic heterocycles. The molecule has 0 bridgehead atoms. The van der Waals surface area contributed by atoms with Crippen LogP contribution in [0, 0.1) is 0 Å². The van der Waals surface area contributed by atoms with Gasteiger partial charge in [-0.1, -0.05) is 48.5 Å². The molecule has 0 radical (unpaired) electrons. The molecule has 4 aromatic rings. The van der Waals surface area contributed by atoms with Gasteiger partial charge >= 0.3 is 5.97 Å². The normalized spacial score (nSPS) is 14.6. The summed E-state index contributed by atoms with van der Waals surface area (Å²) in [4.78, 5) is 34.4. The predicted octanol–water partition coefficient (Wildman–Crippen LogP) is 4.63. The maximum Gasteiger partial charge on any atom is 0.373 e. The average Bonchev–Trinajstić information content (AvgIpc) is 3.25. The number of hydrogen-bond donors (Lipinski definition) is 0. The first-order chi connectivity index (χ1) is 17.1. The largest absolute Gasteiger partial charge is 0.463 e. The molecule has 0 saturated carbocycles. The predicted molar refractivity (Wildman–Crippen MR) is 133 cm³/mol. The zero-order valence-corrected chi connectivity index (χ0v) is 19.6. The zero-order chi connectivity index (χ0) is 24.2. The second-order valence-electron chi connectivity index (χ2n) is 8.62. The van der Waals surface area contributed by atoms with E-state index in [4.69, 9.17) is 14.1 Å². The van der Waals surface area contributed by atoms with E-state index in [1.165, 1.54) is 7.11 Å². The number of pyridine rings is 1. The first-order valence-corrected chi connectivity index (χ1v) is 11.8. The fraction of sp³-hybridized carbons (Fsp3) is 0.250. The van der Waals surface area contributed by atoms with E-state index < -0.39 is 5.97 Å². The molecule has 0 N–H and O–H groups in total. The quantitative estimate of drug-likeness (QED) is 0.397. The smallest absolute Gasteiger partial charge is 0.373 e. The van der Waals surface area contributed by atoms with Crippen LogP contribution in [-0.4, -0.2) is 59.9 Å². The average molecular weight is 470 g/mol. The number of benzene rings is 2. The highest BCUT2D eigenvalue weighted by atomic mass is 16.5. The van der Waals surface area contributed by atoms with Crippen LogP contribution in [0.2, 0.25) is 0 Å². The van der Waals surface area contributed by atoms with Gasteiger partial charge < -0.3 is 14.1 Å². The molecule has 2 aromatic carbocycles. The third kappa shape index (κ3) is 4.95. The van der Waals surface area contributed by atoms with E-state index in [2.05, 4.69) is 4.90 Å². The van der Waals surface area contributed by atoms with Gasteiger partial charge in [0.25, 0.3) is 5.91 Å². The topological polar surface area (TPSA) is 75.9 Å². The first kappa shape index (κ1) is 22.8. The summed E-state index contributed by atoms with van der Waals surface area (Å²) in [7, 11) is 1.33. The highest BCUT2D eigenvalue weighted by molar-refractivity contribution is 6.07. The van der Waals surface area contributed by atoms with Crippen LogP contribution in [0.1, 0.15) is 33.1 Å². The van der Waals surface area contributed by atoms with Crippen LogP contribution in [-0.2, 0) is 11.3 Å². The fourth-order valence-electron chi connectivity index (χ4n) is 4.51. The second-order valence-corrected chi connectivity index (χ2v) is 8.62. The third-order valence-corrected chi connectivity index (χ3v) is 6.32. The molecule has 35 heavy (non-hydrogen) atoms. The van der Waals surface area contributed by atoms with Crippen LogP contribution in [0.3, 0.4) is 0 Å². The zero-order valence-electron chi connectivity index (χ0n) is 19.6. The molecular formula is C28H27N3O4. The van der Waals surface area contributed by atoms with Crippen LogP contribution in [0.15, 0.2) is 77.2 Å². The van der Waals surface area contributed by atoms with Gasteiger partial charge in [0.05, 0.1) is 30.4 Å².